The summed E-state index contributed by atoms with van der Waals surface area (Å²) in [7, 11) is 0. The standard InChI is InChI=1S/C13H7FO2S/c14-8-3-4-11-9(6-8)13(15)10(7-16-11)12-2-1-5-17-12/h1-7H. The van der Waals surface area contributed by atoms with Crippen molar-refractivity contribution >= 4 is 22.3 Å². The van der Waals surface area contributed by atoms with Gasteiger partial charge in [0.1, 0.15) is 17.7 Å². The molecule has 0 spiro atoms. The van der Waals surface area contributed by atoms with Gasteiger partial charge in [0.25, 0.3) is 0 Å². The average Bonchev–Trinajstić information content (AvgIpc) is 2.84. The van der Waals surface area contributed by atoms with Crippen molar-refractivity contribution < 1.29 is 8.81 Å². The first kappa shape index (κ1) is 10.2. The van der Waals surface area contributed by atoms with E-state index < -0.39 is 5.82 Å². The number of hydrogen-bond acceptors (Lipinski definition) is 3. The lowest BCUT2D eigenvalue weighted by molar-refractivity contribution is 0.598. The molecule has 0 unspecified atom stereocenters. The van der Waals surface area contributed by atoms with E-state index in [1.165, 1.54) is 35.8 Å². The third-order valence-corrected chi connectivity index (χ3v) is 3.42. The molecule has 84 valence electrons. The fourth-order valence-corrected chi connectivity index (χ4v) is 2.43. The van der Waals surface area contributed by atoms with Crippen molar-refractivity contribution in [2.45, 2.75) is 0 Å². The molecule has 3 aromatic rings. The molecule has 2 aromatic heterocycles. The van der Waals surface area contributed by atoms with E-state index in [1.807, 2.05) is 17.5 Å². The van der Waals surface area contributed by atoms with E-state index in [0.29, 0.717) is 11.1 Å². The third kappa shape index (κ3) is 1.66. The molecule has 0 bridgehead atoms. The molecule has 2 heterocycles. The monoisotopic (exact) mass is 246 g/mol. The van der Waals surface area contributed by atoms with Gasteiger partial charge in [0.2, 0.25) is 5.43 Å². The van der Waals surface area contributed by atoms with Gasteiger partial charge in [-0.15, -0.1) is 11.3 Å². The summed E-state index contributed by atoms with van der Waals surface area (Å²) in [5, 5.41) is 2.15. The highest BCUT2D eigenvalue weighted by Gasteiger charge is 2.10. The molecule has 0 radical (unpaired) electrons. The number of halogens is 1. The Balaban J connectivity index is 2.36. The van der Waals surface area contributed by atoms with Gasteiger partial charge in [0.15, 0.2) is 0 Å². The van der Waals surface area contributed by atoms with E-state index in [-0.39, 0.29) is 10.8 Å². The predicted octanol–water partition coefficient (Wildman–Crippen LogP) is 3.66. The Bertz CT molecular complexity index is 729. The van der Waals surface area contributed by atoms with Gasteiger partial charge in [-0.3, -0.25) is 4.79 Å². The van der Waals surface area contributed by atoms with Gasteiger partial charge in [-0.25, -0.2) is 4.39 Å². The van der Waals surface area contributed by atoms with Crippen LogP contribution in [-0.4, -0.2) is 0 Å². The molecule has 0 aliphatic heterocycles. The molecule has 0 saturated carbocycles. The van der Waals surface area contributed by atoms with Crippen LogP contribution in [0.25, 0.3) is 21.4 Å². The smallest absolute Gasteiger partial charge is 0.201 e. The second-order valence-corrected chi connectivity index (χ2v) is 4.54. The van der Waals surface area contributed by atoms with Gasteiger partial charge < -0.3 is 4.42 Å². The fraction of sp³-hybridized carbons (Fsp3) is 0. The summed E-state index contributed by atoms with van der Waals surface area (Å²) in [6, 6.07) is 7.63. The molecular weight excluding hydrogens is 239 g/mol. The van der Waals surface area contributed by atoms with Gasteiger partial charge in [0.05, 0.1) is 10.9 Å². The Labute approximate surface area is 99.9 Å². The van der Waals surface area contributed by atoms with Crippen LogP contribution in [0.5, 0.6) is 0 Å². The van der Waals surface area contributed by atoms with Crippen molar-refractivity contribution in [1.29, 1.82) is 0 Å². The molecule has 0 atom stereocenters. The van der Waals surface area contributed by atoms with Crippen molar-refractivity contribution in [3.8, 4) is 10.4 Å². The van der Waals surface area contributed by atoms with Crippen LogP contribution in [0.2, 0.25) is 0 Å². The summed E-state index contributed by atoms with van der Waals surface area (Å²) in [5.74, 6) is -0.437. The SMILES string of the molecule is O=c1c(-c2cccs2)coc2ccc(F)cc12. The van der Waals surface area contributed by atoms with Gasteiger partial charge in [0, 0.05) is 4.88 Å². The molecule has 0 saturated heterocycles. The summed E-state index contributed by atoms with van der Waals surface area (Å²) in [5.41, 5.74) is 0.669. The quantitative estimate of drug-likeness (QED) is 0.656. The molecule has 3 rings (SSSR count). The van der Waals surface area contributed by atoms with E-state index >= 15 is 0 Å². The van der Waals surface area contributed by atoms with E-state index in [2.05, 4.69) is 0 Å². The van der Waals surface area contributed by atoms with Crippen LogP contribution >= 0.6 is 11.3 Å². The average molecular weight is 246 g/mol. The number of fused-ring (bicyclic) bond motifs is 1. The molecule has 17 heavy (non-hydrogen) atoms. The summed E-state index contributed by atoms with van der Waals surface area (Å²) in [6.07, 6.45) is 1.43. The summed E-state index contributed by atoms with van der Waals surface area (Å²) in [4.78, 5) is 13.0. The van der Waals surface area contributed by atoms with E-state index in [4.69, 9.17) is 4.42 Å². The van der Waals surface area contributed by atoms with Crippen LogP contribution in [-0.2, 0) is 0 Å². The van der Waals surface area contributed by atoms with Crippen molar-refractivity contribution in [3.63, 3.8) is 0 Å². The highest BCUT2D eigenvalue weighted by Crippen LogP contribution is 2.24. The number of rotatable bonds is 1. The van der Waals surface area contributed by atoms with Crippen LogP contribution in [0.15, 0.2) is 51.2 Å². The van der Waals surface area contributed by atoms with Gasteiger partial charge in [-0.2, -0.15) is 0 Å². The van der Waals surface area contributed by atoms with E-state index in [0.717, 1.165) is 4.88 Å². The molecule has 0 aliphatic carbocycles. The lowest BCUT2D eigenvalue weighted by atomic mass is 10.1. The predicted molar refractivity (Wildman–Crippen MR) is 65.8 cm³/mol. The number of hydrogen-bond donors (Lipinski definition) is 0. The maximum absolute atomic E-state index is 13.1. The van der Waals surface area contributed by atoms with Crippen LogP contribution < -0.4 is 5.43 Å². The Morgan fingerprint density at radius 1 is 1.24 bits per heavy atom. The van der Waals surface area contributed by atoms with Crippen LogP contribution in [0.4, 0.5) is 4.39 Å². The Hall–Kier alpha value is -1.94. The normalized spacial score (nSPS) is 10.9. The first-order chi connectivity index (χ1) is 8.25. The topological polar surface area (TPSA) is 30.2 Å². The highest BCUT2D eigenvalue weighted by atomic mass is 32.1. The lowest BCUT2D eigenvalue weighted by Crippen LogP contribution is -2.04. The second-order valence-electron chi connectivity index (χ2n) is 3.60. The van der Waals surface area contributed by atoms with Gasteiger partial charge >= 0.3 is 0 Å². The molecular formula is C13H7FO2S. The van der Waals surface area contributed by atoms with Crippen molar-refractivity contribution in [2.24, 2.45) is 0 Å². The lowest BCUT2D eigenvalue weighted by Gasteiger charge is -2.00. The minimum Gasteiger partial charge on any atom is -0.463 e. The van der Waals surface area contributed by atoms with E-state index in [9.17, 15) is 9.18 Å². The second kappa shape index (κ2) is 3.82. The van der Waals surface area contributed by atoms with Gasteiger partial charge in [-0.05, 0) is 29.6 Å². The van der Waals surface area contributed by atoms with Crippen molar-refractivity contribution in [3.05, 3.63) is 58.0 Å². The van der Waals surface area contributed by atoms with Crippen LogP contribution in [0, 0.1) is 5.82 Å². The largest absolute Gasteiger partial charge is 0.463 e. The molecule has 0 aliphatic rings. The Kier molecular flexibility index (Phi) is 2.30. The molecule has 0 amide bonds. The summed E-state index contributed by atoms with van der Waals surface area (Å²) < 4.78 is 18.5. The Morgan fingerprint density at radius 3 is 2.88 bits per heavy atom. The Morgan fingerprint density at radius 2 is 2.12 bits per heavy atom. The molecule has 0 N–H and O–H groups in total. The first-order valence-electron chi connectivity index (χ1n) is 5.00. The summed E-state index contributed by atoms with van der Waals surface area (Å²) >= 11 is 1.45. The minimum absolute atomic E-state index is 0.201. The van der Waals surface area contributed by atoms with Crippen molar-refractivity contribution in [2.75, 3.05) is 0 Å². The van der Waals surface area contributed by atoms with Crippen molar-refractivity contribution in [1.82, 2.24) is 0 Å². The van der Waals surface area contributed by atoms with Crippen LogP contribution in [0.3, 0.4) is 0 Å². The molecule has 2 nitrogen and oxygen atoms in total. The number of thiophene rings is 1. The third-order valence-electron chi connectivity index (χ3n) is 2.52. The maximum Gasteiger partial charge on any atom is 0.201 e. The van der Waals surface area contributed by atoms with E-state index in [1.54, 1.807) is 0 Å². The highest BCUT2D eigenvalue weighted by molar-refractivity contribution is 7.13. The molecule has 1 aromatic carbocycles. The first-order valence-corrected chi connectivity index (χ1v) is 5.88. The number of benzene rings is 1. The zero-order chi connectivity index (χ0) is 11.8. The van der Waals surface area contributed by atoms with Crippen LogP contribution in [0.1, 0.15) is 0 Å². The minimum atomic E-state index is -0.437. The molecule has 4 heteroatoms. The fourth-order valence-electron chi connectivity index (χ4n) is 1.71. The zero-order valence-corrected chi connectivity index (χ0v) is 9.46. The van der Waals surface area contributed by atoms with Gasteiger partial charge in [-0.1, -0.05) is 6.07 Å². The maximum atomic E-state index is 13.1. The zero-order valence-electron chi connectivity index (χ0n) is 8.64. The molecule has 0 fully saturated rings. The summed E-state index contributed by atoms with van der Waals surface area (Å²) in [6.45, 7) is 0.